The zero-order valence-electron chi connectivity index (χ0n) is 9.66. The Morgan fingerprint density at radius 1 is 1.31 bits per heavy atom. The number of benzene rings is 1. The molecule has 0 unspecified atom stereocenters. The van der Waals surface area contributed by atoms with Gasteiger partial charge in [0.2, 0.25) is 0 Å². The molecule has 0 N–H and O–H groups in total. The molecule has 0 saturated heterocycles. The molecule has 0 atom stereocenters. The second-order valence-electron chi connectivity index (χ2n) is 4.07. The zero-order chi connectivity index (χ0) is 11.5. The minimum absolute atomic E-state index is 0.686. The molecule has 2 rings (SSSR count). The fourth-order valence-electron chi connectivity index (χ4n) is 1.98. The molecular formula is C13H16ClNO. The van der Waals surface area contributed by atoms with Gasteiger partial charge in [-0.15, -0.1) is 11.6 Å². The number of fused-ring (bicyclic) bond motifs is 1. The van der Waals surface area contributed by atoms with E-state index in [4.69, 9.17) is 16.3 Å². The van der Waals surface area contributed by atoms with Gasteiger partial charge in [0.25, 0.3) is 0 Å². The van der Waals surface area contributed by atoms with Crippen molar-refractivity contribution in [2.75, 3.05) is 17.3 Å². The van der Waals surface area contributed by atoms with Gasteiger partial charge in [0.05, 0.1) is 5.69 Å². The van der Waals surface area contributed by atoms with Gasteiger partial charge >= 0.3 is 0 Å². The monoisotopic (exact) mass is 237 g/mol. The van der Waals surface area contributed by atoms with Gasteiger partial charge < -0.3 is 9.64 Å². The first-order valence-electron chi connectivity index (χ1n) is 5.49. The molecule has 16 heavy (non-hydrogen) atoms. The highest BCUT2D eigenvalue weighted by Gasteiger charge is 2.16. The smallest absolute Gasteiger partial charge is 0.153 e. The Kier molecular flexibility index (Phi) is 3.39. The van der Waals surface area contributed by atoms with Crippen LogP contribution in [0.3, 0.4) is 0 Å². The van der Waals surface area contributed by atoms with Gasteiger partial charge in [-0.1, -0.05) is 6.07 Å². The second kappa shape index (κ2) is 4.79. The molecule has 1 aliphatic heterocycles. The summed E-state index contributed by atoms with van der Waals surface area (Å²) < 4.78 is 5.56. The average molecular weight is 238 g/mol. The van der Waals surface area contributed by atoms with E-state index in [1.165, 1.54) is 11.1 Å². The fourth-order valence-corrected chi connectivity index (χ4v) is 2.10. The van der Waals surface area contributed by atoms with Gasteiger partial charge in [0.15, 0.2) is 5.75 Å². The number of hydrogen-bond donors (Lipinski definition) is 0. The summed E-state index contributed by atoms with van der Waals surface area (Å²) >= 11 is 5.73. The van der Waals surface area contributed by atoms with Crippen molar-refractivity contribution in [2.24, 2.45) is 0 Å². The molecule has 1 aromatic rings. The summed E-state index contributed by atoms with van der Waals surface area (Å²) in [5.41, 5.74) is 3.58. The van der Waals surface area contributed by atoms with Gasteiger partial charge in [0.1, 0.15) is 6.26 Å². The molecule has 0 aromatic heterocycles. The van der Waals surface area contributed by atoms with E-state index in [9.17, 15) is 0 Å². The van der Waals surface area contributed by atoms with Crippen LogP contribution in [-0.4, -0.2) is 12.4 Å². The predicted molar refractivity (Wildman–Crippen MR) is 68.4 cm³/mol. The Balaban J connectivity index is 2.33. The number of alkyl halides is 1. The van der Waals surface area contributed by atoms with E-state index in [0.29, 0.717) is 5.88 Å². The van der Waals surface area contributed by atoms with E-state index in [2.05, 4.69) is 30.9 Å². The van der Waals surface area contributed by atoms with Crippen molar-refractivity contribution in [3.63, 3.8) is 0 Å². The standard InChI is InChI=1S/C13H16ClNO/c1-10-8-11(2)13-12(9-10)15(5-3-4-14)6-7-16-13/h6-9H,3-5H2,1-2H3. The maximum atomic E-state index is 5.73. The number of anilines is 1. The highest BCUT2D eigenvalue weighted by atomic mass is 35.5. The van der Waals surface area contributed by atoms with Crippen molar-refractivity contribution >= 4 is 17.3 Å². The third kappa shape index (κ3) is 2.17. The van der Waals surface area contributed by atoms with Crippen LogP contribution in [0, 0.1) is 13.8 Å². The van der Waals surface area contributed by atoms with Crippen LogP contribution in [0.15, 0.2) is 24.6 Å². The van der Waals surface area contributed by atoms with E-state index in [1.807, 2.05) is 6.20 Å². The summed E-state index contributed by atoms with van der Waals surface area (Å²) in [5, 5.41) is 0. The molecule has 86 valence electrons. The van der Waals surface area contributed by atoms with E-state index in [0.717, 1.165) is 24.4 Å². The van der Waals surface area contributed by atoms with Crippen LogP contribution in [0.5, 0.6) is 5.75 Å². The van der Waals surface area contributed by atoms with Gasteiger partial charge in [0, 0.05) is 18.6 Å². The Bertz CT molecular complexity index is 415. The molecule has 0 aliphatic carbocycles. The Hall–Kier alpha value is -1.15. The lowest BCUT2D eigenvalue weighted by Crippen LogP contribution is -2.21. The fraction of sp³-hybridized carbons (Fsp3) is 0.385. The van der Waals surface area contributed by atoms with Gasteiger partial charge in [-0.05, 0) is 37.5 Å². The second-order valence-corrected chi connectivity index (χ2v) is 4.45. The molecule has 1 aliphatic rings. The first-order valence-corrected chi connectivity index (χ1v) is 6.03. The molecule has 2 nitrogen and oxygen atoms in total. The van der Waals surface area contributed by atoms with Crippen molar-refractivity contribution < 1.29 is 4.74 Å². The third-order valence-electron chi connectivity index (χ3n) is 2.67. The first kappa shape index (κ1) is 11.3. The van der Waals surface area contributed by atoms with Crippen molar-refractivity contribution in [1.82, 2.24) is 0 Å². The van der Waals surface area contributed by atoms with Gasteiger partial charge in [-0.25, -0.2) is 0 Å². The highest BCUT2D eigenvalue weighted by Crippen LogP contribution is 2.36. The molecule has 0 bridgehead atoms. The molecule has 0 spiro atoms. The van der Waals surface area contributed by atoms with Crippen molar-refractivity contribution in [2.45, 2.75) is 20.3 Å². The van der Waals surface area contributed by atoms with Crippen LogP contribution in [-0.2, 0) is 0 Å². The first-order chi connectivity index (χ1) is 7.72. The number of halogens is 1. The Morgan fingerprint density at radius 2 is 2.12 bits per heavy atom. The molecule has 1 aromatic carbocycles. The van der Waals surface area contributed by atoms with Crippen LogP contribution in [0.25, 0.3) is 0 Å². The molecule has 1 heterocycles. The summed E-state index contributed by atoms with van der Waals surface area (Å²) in [5.74, 6) is 1.65. The Morgan fingerprint density at radius 3 is 2.88 bits per heavy atom. The summed E-state index contributed by atoms with van der Waals surface area (Å²) in [6, 6.07) is 4.29. The van der Waals surface area contributed by atoms with Gasteiger partial charge in [-0.3, -0.25) is 0 Å². The average Bonchev–Trinajstić information content (AvgIpc) is 2.26. The van der Waals surface area contributed by atoms with Crippen molar-refractivity contribution in [3.05, 3.63) is 35.7 Å². The number of aryl methyl sites for hydroxylation is 2. The number of rotatable bonds is 3. The van der Waals surface area contributed by atoms with Crippen LogP contribution in [0.4, 0.5) is 5.69 Å². The van der Waals surface area contributed by atoms with E-state index in [1.54, 1.807) is 6.26 Å². The van der Waals surface area contributed by atoms with E-state index >= 15 is 0 Å². The van der Waals surface area contributed by atoms with Crippen molar-refractivity contribution in [3.8, 4) is 5.75 Å². The number of nitrogens with zero attached hydrogens (tertiary/aromatic N) is 1. The summed E-state index contributed by atoms with van der Waals surface area (Å²) in [6.45, 7) is 5.11. The number of ether oxygens (including phenoxy) is 1. The van der Waals surface area contributed by atoms with E-state index < -0.39 is 0 Å². The molecule has 0 radical (unpaired) electrons. The normalized spacial score (nSPS) is 13.6. The molecule has 0 amide bonds. The lowest BCUT2D eigenvalue weighted by molar-refractivity contribution is 0.465. The highest BCUT2D eigenvalue weighted by molar-refractivity contribution is 6.17. The minimum Gasteiger partial charge on any atom is -0.461 e. The van der Waals surface area contributed by atoms with Crippen LogP contribution < -0.4 is 9.64 Å². The van der Waals surface area contributed by atoms with Crippen LogP contribution in [0.2, 0.25) is 0 Å². The SMILES string of the molecule is Cc1cc(C)c2c(c1)N(CCCCl)C=CO2. The van der Waals surface area contributed by atoms with Gasteiger partial charge in [-0.2, -0.15) is 0 Å². The summed E-state index contributed by atoms with van der Waals surface area (Å²) in [7, 11) is 0. The topological polar surface area (TPSA) is 12.5 Å². The quantitative estimate of drug-likeness (QED) is 0.745. The maximum absolute atomic E-state index is 5.73. The summed E-state index contributed by atoms with van der Waals surface area (Å²) in [4.78, 5) is 2.20. The molecule has 0 fully saturated rings. The molecule has 0 saturated carbocycles. The maximum Gasteiger partial charge on any atom is 0.153 e. The minimum atomic E-state index is 0.686. The van der Waals surface area contributed by atoms with E-state index in [-0.39, 0.29) is 0 Å². The molecule has 3 heteroatoms. The summed E-state index contributed by atoms with van der Waals surface area (Å²) in [6.07, 6.45) is 4.67. The lowest BCUT2D eigenvalue weighted by atomic mass is 10.1. The lowest BCUT2D eigenvalue weighted by Gasteiger charge is -2.27. The Labute approximate surface area is 101 Å². The largest absolute Gasteiger partial charge is 0.461 e. The van der Waals surface area contributed by atoms with Crippen molar-refractivity contribution in [1.29, 1.82) is 0 Å². The van der Waals surface area contributed by atoms with Crippen LogP contribution in [0.1, 0.15) is 17.5 Å². The predicted octanol–water partition coefficient (Wildman–Crippen LogP) is 3.60. The number of hydrogen-bond acceptors (Lipinski definition) is 2. The third-order valence-corrected chi connectivity index (χ3v) is 2.94. The molecular weight excluding hydrogens is 222 g/mol. The van der Waals surface area contributed by atoms with Crippen LogP contribution >= 0.6 is 11.6 Å². The zero-order valence-corrected chi connectivity index (χ0v) is 10.4.